The van der Waals surface area contributed by atoms with E-state index in [0.29, 0.717) is 28.5 Å². The van der Waals surface area contributed by atoms with E-state index in [9.17, 15) is 8.42 Å². The highest BCUT2D eigenvalue weighted by molar-refractivity contribution is 7.89. The van der Waals surface area contributed by atoms with Gasteiger partial charge in [0.25, 0.3) is 0 Å². The summed E-state index contributed by atoms with van der Waals surface area (Å²) in [6, 6.07) is 2.77. The molecule has 0 amide bonds. The van der Waals surface area contributed by atoms with Gasteiger partial charge in [-0.05, 0) is 24.6 Å². The van der Waals surface area contributed by atoms with Crippen LogP contribution in [-0.2, 0) is 16.4 Å². The number of H-pyrrole nitrogens is 1. The maximum atomic E-state index is 12.1. The third kappa shape index (κ3) is 3.27. The molecule has 0 radical (unpaired) electrons. The quantitative estimate of drug-likeness (QED) is 0.708. The van der Waals surface area contributed by atoms with E-state index in [1.54, 1.807) is 6.92 Å². The van der Waals surface area contributed by atoms with Crippen molar-refractivity contribution in [2.75, 3.05) is 12.3 Å². The Kier molecular flexibility index (Phi) is 4.26. The zero-order valence-electron chi connectivity index (χ0n) is 10.7. The maximum Gasteiger partial charge on any atom is 0.240 e. The van der Waals surface area contributed by atoms with Crippen molar-refractivity contribution in [1.82, 2.24) is 19.9 Å². The molecule has 1 aromatic heterocycles. The maximum absolute atomic E-state index is 12.1. The molecule has 0 bridgehead atoms. The smallest absolute Gasteiger partial charge is 0.240 e. The molecule has 1 heterocycles. The predicted molar refractivity (Wildman–Crippen MR) is 75.9 cm³/mol. The molecule has 108 valence electrons. The monoisotopic (exact) mass is 315 g/mol. The molecule has 0 unspecified atom stereocenters. The Morgan fingerprint density at radius 3 is 2.80 bits per heavy atom. The van der Waals surface area contributed by atoms with E-state index < -0.39 is 10.0 Å². The Balaban J connectivity index is 2.10. The van der Waals surface area contributed by atoms with Gasteiger partial charge in [0.1, 0.15) is 12.2 Å². The molecule has 4 N–H and O–H groups in total. The van der Waals surface area contributed by atoms with Gasteiger partial charge >= 0.3 is 0 Å². The number of aromatic amines is 1. The molecule has 7 nitrogen and oxygen atoms in total. The van der Waals surface area contributed by atoms with Gasteiger partial charge in [0.15, 0.2) is 0 Å². The molecule has 9 heteroatoms. The van der Waals surface area contributed by atoms with E-state index in [1.165, 1.54) is 18.5 Å². The Hall–Kier alpha value is -1.64. The van der Waals surface area contributed by atoms with Crippen molar-refractivity contribution >= 4 is 27.3 Å². The molecule has 2 rings (SSSR count). The number of aromatic nitrogens is 3. The van der Waals surface area contributed by atoms with Crippen LogP contribution in [-0.4, -0.2) is 30.1 Å². The highest BCUT2D eigenvalue weighted by Crippen LogP contribution is 2.25. The van der Waals surface area contributed by atoms with Gasteiger partial charge in [-0.25, -0.2) is 18.1 Å². The van der Waals surface area contributed by atoms with Crippen molar-refractivity contribution < 1.29 is 8.42 Å². The van der Waals surface area contributed by atoms with Gasteiger partial charge < -0.3 is 5.73 Å². The van der Waals surface area contributed by atoms with Crippen molar-refractivity contribution in [3.8, 4) is 0 Å². The summed E-state index contributed by atoms with van der Waals surface area (Å²) in [6.07, 6.45) is 1.78. The molecule has 0 aliphatic heterocycles. The molecular formula is C11H14ClN5O2S. The molecule has 1 aromatic carbocycles. The first-order valence-corrected chi connectivity index (χ1v) is 7.66. The van der Waals surface area contributed by atoms with Crippen molar-refractivity contribution in [2.24, 2.45) is 0 Å². The Bertz CT molecular complexity index is 677. The van der Waals surface area contributed by atoms with E-state index >= 15 is 0 Å². The van der Waals surface area contributed by atoms with E-state index in [4.69, 9.17) is 17.3 Å². The lowest BCUT2D eigenvalue weighted by Gasteiger charge is -2.09. The van der Waals surface area contributed by atoms with Crippen molar-refractivity contribution in [1.29, 1.82) is 0 Å². The third-order valence-corrected chi connectivity index (χ3v) is 4.62. The first-order chi connectivity index (χ1) is 9.40. The highest BCUT2D eigenvalue weighted by atomic mass is 35.5. The summed E-state index contributed by atoms with van der Waals surface area (Å²) in [7, 11) is -3.65. The van der Waals surface area contributed by atoms with E-state index in [-0.39, 0.29) is 11.4 Å². The minimum absolute atomic E-state index is 0.0446. The largest absolute Gasteiger partial charge is 0.398 e. The topological polar surface area (TPSA) is 114 Å². The van der Waals surface area contributed by atoms with Gasteiger partial charge in [0.05, 0.1) is 4.90 Å². The van der Waals surface area contributed by atoms with Crippen LogP contribution in [0.25, 0.3) is 0 Å². The summed E-state index contributed by atoms with van der Waals surface area (Å²) in [5, 5.41) is 6.65. The highest BCUT2D eigenvalue weighted by Gasteiger charge is 2.16. The minimum atomic E-state index is -3.65. The molecule has 0 aliphatic carbocycles. The number of nitrogen functional groups attached to an aromatic ring is 1. The van der Waals surface area contributed by atoms with E-state index in [1.807, 2.05) is 0 Å². The second-order valence-electron chi connectivity index (χ2n) is 4.20. The summed E-state index contributed by atoms with van der Waals surface area (Å²) in [4.78, 5) is 3.95. The van der Waals surface area contributed by atoms with Crippen LogP contribution in [0.3, 0.4) is 0 Å². The van der Waals surface area contributed by atoms with Gasteiger partial charge in [0, 0.05) is 23.7 Å². The van der Waals surface area contributed by atoms with Crippen LogP contribution in [0.15, 0.2) is 23.4 Å². The number of benzene rings is 1. The van der Waals surface area contributed by atoms with Gasteiger partial charge in [-0.3, -0.25) is 5.10 Å². The van der Waals surface area contributed by atoms with Crippen molar-refractivity contribution in [3.05, 3.63) is 34.9 Å². The number of halogens is 1. The number of hydrogen-bond acceptors (Lipinski definition) is 5. The van der Waals surface area contributed by atoms with Gasteiger partial charge in [-0.2, -0.15) is 5.10 Å². The third-order valence-electron chi connectivity index (χ3n) is 2.79. The number of anilines is 1. The molecule has 0 spiro atoms. The summed E-state index contributed by atoms with van der Waals surface area (Å²) < 4.78 is 26.7. The van der Waals surface area contributed by atoms with Crippen LogP contribution in [0, 0.1) is 6.92 Å². The molecular weight excluding hydrogens is 302 g/mol. The number of rotatable bonds is 5. The molecule has 2 aromatic rings. The number of nitrogens with two attached hydrogens (primary N) is 1. The number of nitrogens with one attached hydrogen (secondary N) is 2. The zero-order valence-corrected chi connectivity index (χ0v) is 12.3. The molecule has 0 saturated heterocycles. The number of nitrogens with zero attached hydrogens (tertiary/aromatic N) is 2. The van der Waals surface area contributed by atoms with Crippen molar-refractivity contribution in [3.63, 3.8) is 0 Å². The summed E-state index contributed by atoms with van der Waals surface area (Å²) in [5.74, 6) is 0.606. The van der Waals surface area contributed by atoms with Gasteiger partial charge in [0.2, 0.25) is 10.0 Å². The zero-order chi connectivity index (χ0) is 14.8. The van der Waals surface area contributed by atoms with E-state index in [2.05, 4.69) is 19.9 Å². The second kappa shape index (κ2) is 5.78. The standard InChI is InChI=1S/C11H14ClN5O2S/c1-7-9(12)4-8(5-10(7)13)20(18,19)16-3-2-11-14-6-15-17-11/h4-6,16H,2-3,13H2,1H3,(H,14,15,17). The summed E-state index contributed by atoms with van der Waals surface area (Å²) in [6.45, 7) is 1.92. The van der Waals surface area contributed by atoms with Crippen LogP contribution in [0.5, 0.6) is 0 Å². The lowest BCUT2D eigenvalue weighted by atomic mass is 10.2. The Morgan fingerprint density at radius 1 is 1.45 bits per heavy atom. The van der Waals surface area contributed by atoms with Crippen molar-refractivity contribution in [2.45, 2.75) is 18.2 Å². The fourth-order valence-electron chi connectivity index (χ4n) is 1.57. The van der Waals surface area contributed by atoms with Gasteiger partial charge in [-0.1, -0.05) is 11.6 Å². The number of hydrogen-bond donors (Lipinski definition) is 3. The lowest BCUT2D eigenvalue weighted by molar-refractivity contribution is 0.581. The molecule has 20 heavy (non-hydrogen) atoms. The van der Waals surface area contributed by atoms with Crippen LogP contribution < -0.4 is 10.5 Å². The average molecular weight is 316 g/mol. The Labute approximate surface area is 121 Å². The SMILES string of the molecule is Cc1c(N)cc(S(=O)(=O)NCCc2ncn[nH]2)cc1Cl. The van der Waals surface area contributed by atoms with Crippen LogP contribution in [0.4, 0.5) is 5.69 Å². The van der Waals surface area contributed by atoms with E-state index in [0.717, 1.165) is 0 Å². The second-order valence-corrected chi connectivity index (χ2v) is 6.37. The van der Waals surface area contributed by atoms with Gasteiger partial charge in [-0.15, -0.1) is 0 Å². The number of sulfonamides is 1. The summed E-state index contributed by atoms with van der Waals surface area (Å²) >= 11 is 5.94. The Morgan fingerprint density at radius 2 is 2.20 bits per heavy atom. The first-order valence-electron chi connectivity index (χ1n) is 5.79. The van der Waals surface area contributed by atoms with Crippen LogP contribution in [0.1, 0.15) is 11.4 Å². The lowest BCUT2D eigenvalue weighted by Crippen LogP contribution is -2.26. The normalized spacial score (nSPS) is 11.7. The fourth-order valence-corrected chi connectivity index (χ4v) is 2.95. The fraction of sp³-hybridized carbons (Fsp3) is 0.273. The minimum Gasteiger partial charge on any atom is -0.398 e. The predicted octanol–water partition coefficient (Wildman–Crippen LogP) is 0.870. The molecule has 0 saturated carbocycles. The summed E-state index contributed by atoms with van der Waals surface area (Å²) in [5.41, 5.74) is 6.72. The van der Waals surface area contributed by atoms with Crippen LogP contribution in [0.2, 0.25) is 5.02 Å². The van der Waals surface area contributed by atoms with Crippen LogP contribution >= 0.6 is 11.6 Å². The molecule has 0 atom stereocenters. The molecule has 0 aliphatic rings. The first kappa shape index (κ1) is 14.8. The average Bonchev–Trinajstić information content (AvgIpc) is 2.88. The molecule has 0 fully saturated rings.